The van der Waals surface area contributed by atoms with Crippen LogP contribution in [-0.4, -0.2) is 40.9 Å². The van der Waals surface area contributed by atoms with Gasteiger partial charge in [0.25, 0.3) is 5.91 Å². The Morgan fingerprint density at radius 2 is 1.72 bits per heavy atom. The molecule has 2 saturated carbocycles. The molecule has 2 atom stereocenters. The topological polar surface area (TPSA) is 78.5 Å². The van der Waals surface area contributed by atoms with Crippen LogP contribution >= 0.6 is 0 Å². The minimum atomic E-state index is -0.768. The number of rotatable bonds is 3. The van der Waals surface area contributed by atoms with Crippen LogP contribution < -0.4 is 10.6 Å². The number of hydrogen-bond acceptors (Lipinski definition) is 3. The van der Waals surface area contributed by atoms with Gasteiger partial charge in [-0.25, -0.2) is 4.79 Å². The van der Waals surface area contributed by atoms with Crippen LogP contribution in [0.3, 0.4) is 0 Å². The summed E-state index contributed by atoms with van der Waals surface area (Å²) in [5.74, 6) is 0.0362. The van der Waals surface area contributed by atoms with E-state index in [1.54, 1.807) is 0 Å². The molecule has 3 rings (SSSR count). The third-order valence-electron chi connectivity index (χ3n) is 6.21. The van der Waals surface area contributed by atoms with Crippen LogP contribution in [0, 0.1) is 5.92 Å². The predicted molar refractivity (Wildman–Crippen MR) is 94.9 cm³/mol. The van der Waals surface area contributed by atoms with Gasteiger partial charge in [-0.15, -0.1) is 0 Å². The molecular weight excluding hydrogens is 318 g/mol. The lowest BCUT2D eigenvalue weighted by Gasteiger charge is -2.30. The molecule has 0 aromatic rings. The van der Waals surface area contributed by atoms with Gasteiger partial charge in [-0.2, -0.15) is 0 Å². The monoisotopic (exact) mass is 349 g/mol. The minimum Gasteiger partial charge on any atom is -0.352 e. The molecule has 0 bridgehead atoms. The first-order valence-electron chi connectivity index (χ1n) is 9.95. The fourth-order valence-electron chi connectivity index (χ4n) is 4.59. The zero-order valence-corrected chi connectivity index (χ0v) is 15.3. The molecule has 2 N–H and O–H groups in total. The fourth-order valence-corrected chi connectivity index (χ4v) is 4.59. The molecule has 3 aliphatic rings. The third-order valence-corrected chi connectivity index (χ3v) is 6.21. The first kappa shape index (κ1) is 18.2. The lowest BCUT2D eigenvalue weighted by Crippen LogP contribution is -2.49. The summed E-state index contributed by atoms with van der Waals surface area (Å²) >= 11 is 0. The lowest BCUT2D eigenvalue weighted by atomic mass is 9.84. The van der Waals surface area contributed by atoms with E-state index in [1.807, 2.05) is 0 Å². The molecule has 1 aliphatic heterocycles. The van der Waals surface area contributed by atoms with E-state index in [1.165, 1.54) is 12.8 Å². The van der Waals surface area contributed by atoms with Gasteiger partial charge < -0.3 is 10.6 Å². The van der Waals surface area contributed by atoms with Crippen LogP contribution in [0.25, 0.3) is 0 Å². The van der Waals surface area contributed by atoms with Crippen LogP contribution in [-0.2, 0) is 9.59 Å². The Morgan fingerprint density at radius 3 is 2.40 bits per heavy atom. The zero-order chi connectivity index (χ0) is 17.9. The Balaban J connectivity index is 1.61. The first-order valence-corrected chi connectivity index (χ1v) is 9.95. The number of amides is 4. The summed E-state index contributed by atoms with van der Waals surface area (Å²) in [7, 11) is 0. The molecule has 0 aromatic heterocycles. The van der Waals surface area contributed by atoms with Gasteiger partial charge in [0.2, 0.25) is 5.91 Å². The van der Waals surface area contributed by atoms with Gasteiger partial charge in [0.15, 0.2) is 0 Å². The van der Waals surface area contributed by atoms with Crippen LogP contribution in [0.1, 0.15) is 77.6 Å². The van der Waals surface area contributed by atoms with Gasteiger partial charge >= 0.3 is 6.03 Å². The second kappa shape index (κ2) is 7.75. The molecule has 0 unspecified atom stereocenters. The fraction of sp³-hybridized carbons (Fsp3) is 0.842. The molecule has 2 aliphatic carbocycles. The number of nitrogens with zero attached hydrogens (tertiary/aromatic N) is 1. The SMILES string of the molecule is C[C@@H]1CCCC[C@H]1NC(=O)CN1C(=O)NC2(CCCCCCC2)C1=O. The van der Waals surface area contributed by atoms with Gasteiger partial charge in [-0.1, -0.05) is 51.9 Å². The Morgan fingerprint density at radius 1 is 1.08 bits per heavy atom. The molecule has 3 fully saturated rings. The lowest BCUT2D eigenvalue weighted by molar-refractivity contribution is -0.135. The van der Waals surface area contributed by atoms with E-state index in [0.717, 1.165) is 49.8 Å². The number of carbonyl (C=O) groups is 3. The summed E-state index contributed by atoms with van der Waals surface area (Å²) in [5, 5.41) is 5.95. The van der Waals surface area contributed by atoms with Gasteiger partial charge in [0.05, 0.1) is 0 Å². The van der Waals surface area contributed by atoms with E-state index in [4.69, 9.17) is 0 Å². The number of urea groups is 1. The predicted octanol–water partition coefficient (Wildman–Crippen LogP) is 2.72. The van der Waals surface area contributed by atoms with Crippen molar-refractivity contribution in [2.24, 2.45) is 5.92 Å². The molecule has 6 nitrogen and oxygen atoms in total. The summed E-state index contributed by atoms with van der Waals surface area (Å²) < 4.78 is 0. The quantitative estimate of drug-likeness (QED) is 0.769. The zero-order valence-electron chi connectivity index (χ0n) is 15.3. The van der Waals surface area contributed by atoms with Crippen molar-refractivity contribution < 1.29 is 14.4 Å². The van der Waals surface area contributed by atoms with Crippen LogP contribution in [0.2, 0.25) is 0 Å². The van der Waals surface area contributed by atoms with Gasteiger partial charge in [0, 0.05) is 6.04 Å². The molecule has 1 heterocycles. The van der Waals surface area contributed by atoms with E-state index in [0.29, 0.717) is 18.8 Å². The summed E-state index contributed by atoms with van der Waals surface area (Å²) in [4.78, 5) is 38.8. The highest BCUT2D eigenvalue weighted by Gasteiger charge is 2.50. The molecule has 0 radical (unpaired) electrons. The first-order chi connectivity index (χ1) is 12.0. The maximum absolute atomic E-state index is 12.9. The molecule has 6 heteroatoms. The van der Waals surface area contributed by atoms with Crippen molar-refractivity contribution >= 4 is 17.8 Å². The van der Waals surface area contributed by atoms with E-state index in [-0.39, 0.29) is 24.4 Å². The van der Waals surface area contributed by atoms with Crippen molar-refractivity contribution in [3.05, 3.63) is 0 Å². The number of imide groups is 1. The normalized spacial score (nSPS) is 29.9. The average molecular weight is 349 g/mol. The van der Waals surface area contributed by atoms with E-state index in [2.05, 4.69) is 17.6 Å². The second-order valence-corrected chi connectivity index (χ2v) is 8.11. The minimum absolute atomic E-state index is 0.157. The number of carbonyl (C=O) groups excluding carboxylic acids is 3. The van der Waals surface area contributed by atoms with Gasteiger partial charge in [-0.05, 0) is 31.6 Å². The van der Waals surface area contributed by atoms with Crippen molar-refractivity contribution in [2.45, 2.75) is 89.1 Å². The van der Waals surface area contributed by atoms with Crippen molar-refractivity contribution in [3.8, 4) is 0 Å². The highest BCUT2D eigenvalue weighted by molar-refractivity contribution is 6.09. The van der Waals surface area contributed by atoms with Gasteiger partial charge in [0.1, 0.15) is 12.1 Å². The maximum Gasteiger partial charge on any atom is 0.325 e. The molecule has 0 aromatic carbocycles. The summed E-state index contributed by atoms with van der Waals surface area (Å²) in [6.07, 6.45) is 11.1. The molecule has 1 saturated heterocycles. The van der Waals surface area contributed by atoms with Crippen molar-refractivity contribution in [1.29, 1.82) is 0 Å². The van der Waals surface area contributed by atoms with E-state index >= 15 is 0 Å². The van der Waals surface area contributed by atoms with E-state index in [9.17, 15) is 14.4 Å². The number of hydrogen-bond donors (Lipinski definition) is 2. The highest BCUT2D eigenvalue weighted by Crippen LogP contribution is 2.32. The molecule has 140 valence electrons. The van der Waals surface area contributed by atoms with E-state index < -0.39 is 11.6 Å². The maximum atomic E-state index is 12.9. The largest absolute Gasteiger partial charge is 0.352 e. The van der Waals surface area contributed by atoms with Crippen LogP contribution in [0.4, 0.5) is 4.79 Å². The van der Waals surface area contributed by atoms with Crippen LogP contribution in [0.15, 0.2) is 0 Å². The smallest absolute Gasteiger partial charge is 0.325 e. The Bertz CT molecular complexity index is 526. The standard InChI is InChI=1S/C19H31N3O3/c1-14-9-5-6-10-15(14)20-16(23)13-22-17(24)19(21-18(22)25)11-7-3-2-4-8-12-19/h14-15H,2-13H2,1H3,(H,20,23)(H,21,25)/t14-,15-/m1/s1. The third kappa shape index (κ3) is 3.98. The Kier molecular flexibility index (Phi) is 5.64. The van der Waals surface area contributed by atoms with Crippen LogP contribution in [0.5, 0.6) is 0 Å². The second-order valence-electron chi connectivity index (χ2n) is 8.11. The van der Waals surface area contributed by atoms with Crippen molar-refractivity contribution in [3.63, 3.8) is 0 Å². The Hall–Kier alpha value is -1.59. The molecule has 1 spiro atoms. The molecular formula is C19H31N3O3. The van der Waals surface area contributed by atoms with Crippen molar-refractivity contribution in [2.75, 3.05) is 6.54 Å². The summed E-state index contributed by atoms with van der Waals surface area (Å²) in [6.45, 7) is 2.00. The molecule has 4 amide bonds. The average Bonchev–Trinajstić information content (AvgIpc) is 2.78. The van der Waals surface area contributed by atoms with Gasteiger partial charge in [-0.3, -0.25) is 14.5 Å². The van der Waals surface area contributed by atoms with Crippen molar-refractivity contribution in [1.82, 2.24) is 15.5 Å². The Labute approximate surface area is 150 Å². The number of nitrogens with one attached hydrogen (secondary N) is 2. The highest BCUT2D eigenvalue weighted by atomic mass is 16.2. The summed E-state index contributed by atoms with van der Waals surface area (Å²) in [5.41, 5.74) is -0.768. The molecule has 25 heavy (non-hydrogen) atoms. The summed E-state index contributed by atoms with van der Waals surface area (Å²) in [6, 6.07) is -0.241.